The van der Waals surface area contributed by atoms with Crippen LogP contribution in [0, 0.1) is 0 Å². The number of nitrogens with one attached hydrogen (secondary N) is 2. The molecule has 3 aromatic carbocycles. The van der Waals surface area contributed by atoms with Gasteiger partial charge >= 0.3 is 0 Å². The summed E-state index contributed by atoms with van der Waals surface area (Å²) in [4.78, 5) is 25.3. The fourth-order valence-corrected chi connectivity index (χ4v) is 4.52. The van der Waals surface area contributed by atoms with Gasteiger partial charge in [0.05, 0.1) is 33.9 Å². The number of benzene rings is 3. The second kappa shape index (κ2) is 8.34. The highest BCUT2D eigenvalue weighted by Crippen LogP contribution is 2.31. The Morgan fingerprint density at radius 2 is 1.68 bits per heavy atom. The van der Waals surface area contributed by atoms with E-state index >= 15 is 0 Å². The molecule has 0 unspecified atom stereocenters. The van der Waals surface area contributed by atoms with Gasteiger partial charge in [0.15, 0.2) is 0 Å². The number of aromatic nitrogens is 3. The van der Waals surface area contributed by atoms with Crippen molar-refractivity contribution < 1.29 is 4.79 Å². The van der Waals surface area contributed by atoms with Gasteiger partial charge in [0, 0.05) is 16.5 Å². The fourth-order valence-electron chi connectivity index (χ4n) is 3.38. The number of para-hydroxylation sites is 3. The largest absolute Gasteiger partial charge is 0.338 e. The summed E-state index contributed by atoms with van der Waals surface area (Å²) in [5.41, 5.74) is 4.95. The number of rotatable bonds is 5. The van der Waals surface area contributed by atoms with E-state index in [4.69, 9.17) is 11.6 Å². The molecule has 0 aliphatic heterocycles. The average Bonchev–Trinajstić information content (AvgIpc) is 3.41. The minimum Gasteiger partial charge on any atom is -0.338 e. The maximum Gasteiger partial charge on any atom is 0.230 e. The molecule has 0 fully saturated rings. The first kappa shape index (κ1) is 19.5. The summed E-state index contributed by atoms with van der Waals surface area (Å²) < 4.78 is 0. The Labute approximate surface area is 187 Å². The molecule has 5 aromatic rings. The molecule has 0 saturated heterocycles. The number of amides is 1. The van der Waals surface area contributed by atoms with E-state index in [0.29, 0.717) is 22.2 Å². The molecule has 0 spiro atoms. The van der Waals surface area contributed by atoms with Crippen molar-refractivity contribution in [3.8, 4) is 22.0 Å². The Morgan fingerprint density at radius 1 is 0.935 bits per heavy atom. The molecule has 7 heteroatoms. The van der Waals surface area contributed by atoms with Crippen molar-refractivity contribution in [1.29, 1.82) is 0 Å². The Balaban J connectivity index is 1.35. The molecule has 0 bridgehead atoms. The van der Waals surface area contributed by atoms with E-state index in [0.717, 1.165) is 27.2 Å². The van der Waals surface area contributed by atoms with Crippen LogP contribution in [0.2, 0.25) is 5.02 Å². The normalized spacial score (nSPS) is 11.0. The highest BCUT2D eigenvalue weighted by Gasteiger charge is 2.14. The van der Waals surface area contributed by atoms with Gasteiger partial charge in [-0.1, -0.05) is 54.1 Å². The van der Waals surface area contributed by atoms with Crippen LogP contribution in [-0.4, -0.2) is 20.9 Å². The molecule has 1 amide bonds. The number of hydrogen-bond acceptors (Lipinski definition) is 4. The van der Waals surface area contributed by atoms with Crippen molar-refractivity contribution in [2.45, 2.75) is 6.42 Å². The van der Waals surface area contributed by atoms with Crippen molar-refractivity contribution in [2.75, 3.05) is 5.32 Å². The number of imidazole rings is 1. The molecule has 0 atom stereocenters. The molecule has 0 aliphatic rings. The Kier molecular flexibility index (Phi) is 5.24. The van der Waals surface area contributed by atoms with E-state index in [9.17, 15) is 4.79 Å². The second-order valence-corrected chi connectivity index (χ2v) is 8.26. The van der Waals surface area contributed by atoms with Crippen LogP contribution >= 0.6 is 22.9 Å². The zero-order chi connectivity index (χ0) is 21.2. The minimum absolute atomic E-state index is 0.139. The van der Waals surface area contributed by atoms with Crippen LogP contribution in [0.5, 0.6) is 0 Å². The maximum absolute atomic E-state index is 12.7. The summed E-state index contributed by atoms with van der Waals surface area (Å²) in [6.07, 6.45) is 0.176. The van der Waals surface area contributed by atoms with Gasteiger partial charge in [-0.05, 0) is 30.3 Å². The van der Waals surface area contributed by atoms with Crippen molar-refractivity contribution in [3.05, 3.63) is 88.9 Å². The van der Waals surface area contributed by atoms with Crippen molar-refractivity contribution in [1.82, 2.24) is 15.0 Å². The van der Waals surface area contributed by atoms with Crippen molar-refractivity contribution >= 4 is 45.6 Å². The highest BCUT2D eigenvalue weighted by atomic mass is 35.5. The molecule has 0 radical (unpaired) electrons. The van der Waals surface area contributed by atoms with E-state index in [1.807, 2.05) is 78.2 Å². The van der Waals surface area contributed by atoms with Crippen LogP contribution in [-0.2, 0) is 11.2 Å². The maximum atomic E-state index is 12.7. The predicted octanol–water partition coefficient (Wildman–Crippen LogP) is 6.19. The summed E-state index contributed by atoms with van der Waals surface area (Å²) in [5.74, 6) is 0.575. The van der Waals surface area contributed by atoms with Crippen LogP contribution in [0.3, 0.4) is 0 Å². The average molecular weight is 445 g/mol. The lowest BCUT2D eigenvalue weighted by atomic mass is 10.1. The van der Waals surface area contributed by atoms with Gasteiger partial charge < -0.3 is 10.3 Å². The van der Waals surface area contributed by atoms with Crippen LogP contribution in [0.25, 0.3) is 33.0 Å². The van der Waals surface area contributed by atoms with E-state index in [1.165, 1.54) is 11.3 Å². The number of carbonyl (C=O) groups excluding carboxylic acids is 1. The standard InChI is InChI=1S/C24H17ClN4OS/c25-18-9-3-1-7-16(18)24-26-15(14-31-24)13-22(30)27-19-10-4-2-8-17(19)23-28-20-11-5-6-12-21(20)29-23/h1-12,14H,13H2,(H,27,30)(H,28,29). The lowest BCUT2D eigenvalue weighted by molar-refractivity contribution is -0.115. The number of halogens is 1. The van der Waals surface area contributed by atoms with E-state index in [2.05, 4.69) is 20.3 Å². The van der Waals surface area contributed by atoms with Gasteiger partial charge in [-0.15, -0.1) is 11.3 Å². The first-order valence-electron chi connectivity index (χ1n) is 9.71. The van der Waals surface area contributed by atoms with Crippen molar-refractivity contribution in [3.63, 3.8) is 0 Å². The van der Waals surface area contributed by atoms with Gasteiger partial charge in [0.1, 0.15) is 10.8 Å². The van der Waals surface area contributed by atoms with Crippen LogP contribution < -0.4 is 5.32 Å². The van der Waals surface area contributed by atoms with Crippen molar-refractivity contribution in [2.24, 2.45) is 0 Å². The Morgan fingerprint density at radius 3 is 2.52 bits per heavy atom. The van der Waals surface area contributed by atoms with Gasteiger partial charge in [-0.25, -0.2) is 9.97 Å². The first-order valence-corrected chi connectivity index (χ1v) is 11.0. The lowest BCUT2D eigenvalue weighted by Crippen LogP contribution is -2.15. The van der Waals surface area contributed by atoms with E-state index in [-0.39, 0.29) is 12.3 Å². The van der Waals surface area contributed by atoms with Gasteiger partial charge in [0.2, 0.25) is 5.91 Å². The first-order chi connectivity index (χ1) is 15.2. The smallest absolute Gasteiger partial charge is 0.230 e. The lowest BCUT2D eigenvalue weighted by Gasteiger charge is -2.09. The Hall–Kier alpha value is -3.48. The monoisotopic (exact) mass is 444 g/mol. The molecule has 2 aromatic heterocycles. The van der Waals surface area contributed by atoms with Crippen LogP contribution in [0.1, 0.15) is 5.69 Å². The van der Waals surface area contributed by atoms with Gasteiger partial charge in [-0.2, -0.15) is 0 Å². The number of anilines is 1. The molecule has 0 aliphatic carbocycles. The summed E-state index contributed by atoms with van der Waals surface area (Å²) in [5, 5.41) is 6.34. The van der Waals surface area contributed by atoms with Crippen LogP contribution in [0.4, 0.5) is 5.69 Å². The molecule has 5 rings (SSSR count). The summed E-state index contributed by atoms with van der Waals surface area (Å²) in [6.45, 7) is 0. The summed E-state index contributed by atoms with van der Waals surface area (Å²) in [6, 6.07) is 23.0. The quantitative estimate of drug-likeness (QED) is 0.339. The predicted molar refractivity (Wildman–Crippen MR) is 126 cm³/mol. The zero-order valence-corrected chi connectivity index (χ0v) is 17.9. The molecule has 2 N–H and O–H groups in total. The molecule has 152 valence electrons. The number of carbonyl (C=O) groups is 1. The molecule has 5 nitrogen and oxygen atoms in total. The molecular formula is C24H17ClN4OS. The fraction of sp³-hybridized carbons (Fsp3) is 0.0417. The summed E-state index contributed by atoms with van der Waals surface area (Å²) in [7, 11) is 0. The second-order valence-electron chi connectivity index (χ2n) is 7.00. The SMILES string of the molecule is O=C(Cc1csc(-c2ccccc2Cl)n1)Nc1ccccc1-c1nc2ccccc2[nH]1. The number of aromatic amines is 1. The molecule has 0 saturated carbocycles. The molecule has 2 heterocycles. The zero-order valence-electron chi connectivity index (χ0n) is 16.3. The van der Waals surface area contributed by atoms with E-state index in [1.54, 1.807) is 0 Å². The van der Waals surface area contributed by atoms with Gasteiger partial charge in [-0.3, -0.25) is 4.79 Å². The van der Waals surface area contributed by atoms with Crippen LogP contribution in [0.15, 0.2) is 78.2 Å². The topological polar surface area (TPSA) is 70.7 Å². The minimum atomic E-state index is -0.139. The molecular weight excluding hydrogens is 428 g/mol. The third-order valence-electron chi connectivity index (χ3n) is 4.84. The number of thiazole rings is 1. The molecule has 31 heavy (non-hydrogen) atoms. The number of nitrogens with zero attached hydrogens (tertiary/aromatic N) is 2. The third kappa shape index (κ3) is 4.08. The Bertz CT molecular complexity index is 1360. The number of fused-ring (bicyclic) bond motifs is 1. The number of H-pyrrole nitrogens is 1. The number of hydrogen-bond donors (Lipinski definition) is 2. The van der Waals surface area contributed by atoms with Gasteiger partial charge in [0.25, 0.3) is 0 Å². The third-order valence-corrected chi connectivity index (χ3v) is 6.10. The highest BCUT2D eigenvalue weighted by molar-refractivity contribution is 7.13. The van der Waals surface area contributed by atoms with E-state index < -0.39 is 0 Å². The summed E-state index contributed by atoms with van der Waals surface area (Å²) >= 11 is 7.74.